The Kier molecular flexibility index (Phi) is 5.78. The highest BCUT2D eigenvalue weighted by Crippen LogP contribution is 2.42. The van der Waals surface area contributed by atoms with Crippen LogP contribution in [0.4, 0.5) is 15.8 Å². The quantitative estimate of drug-likeness (QED) is 0.432. The first-order valence-corrected chi connectivity index (χ1v) is 11.4. The molecule has 0 saturated carbocycles. The molecule has 4 heterocycles. The number of amides is 1. The monoisotopic (exact) mass is 486 g/mol. The van der Waals surface area contributed by atoms with Gasteiger partial charge in [-0.05, 0) is 32.2 Å². The van der Waals surface area contributed by atoms with Crippen LogP contribution < -0.4 is 25.9 Å². The van der Waals surface area contributed by atoms with Gasteiger partial charge in [-0.1, -0.05) is 11.6 Å². The number of hydrogen-bond acceptors (Lipinski definition) is 7. The van der Waals surface area contributed by atoms with Gasteiger partial charge >= 0.3 is 0 Å². The molecule has 11 heteroatoms. The molecule has 178 valence electrons. The highest BCUT2D eigenvalue weighted by Gasteiger charge is 2.31. The number of anilines is 2. The summed E-state index contributed by atoms with van der Waals surface area (Å²) in [5.74, 6) is -0.824. The molecule has 0 radical (unpaired) electrons. The number of hydrazine groups is 1. The Hall–Kier alpha value is -3.37. The van der Waals surface area contributed by atoms with Gasteiger partial charge in [0.2, 0.25) is 5.43 Å². The Bertz CT molecular complexity index is 1320. The highest BCUT2D eigenvalue weighted by molar-refractivity contribution is 6.29. The van der Waals surface area contributed by atoms with Gasteiger partial charge < -0.3 is 19.1 Å². The lowest BCUT2D eigenvalue weighted by Gasteiger charge is -2.37. The molecule has 2 aromatic heterocycles. The molecule has 3 aromatic rings. The summed E-state index contributed by atoms with van der Waals surface area (Å²) in [5.41, 5.74) is 5.90. The minimum absolute atomic E-state index is 0.103. The summed E-state index contributed by atoms with van der Waals surface area (Å²) in [6, 6.07) is 4.27. The Labute approximate surface area is 200 Å². The van der Waals surface area contributed by atoms with Gasteiger partial charge in [0.25, 0.3) is 5.91 Å². The average Bonchev–Trinajstić information content (AvgIpc) is 2.82. The molecule has 1 fully saturated rings. The summed E-state index contributed by atoms with van der Waals surface area (Å²) >= 11 is 5.78. The van der Waals surface area contributed by atoms with Gasteiger partial charge in [0.1, 0.15) is 23.0 Å². The molecule has 34 heavy (non-hydrogen) atoms. The van der Waals surface area contributed by atoms with Crippen molar-refractivity contribution in [1.82, 2.24) is 19.9 Å². The van der Waals surface area contributed by atoms with Crippen LogP contribution in [0, 0.1) is 5.82 Å². The molecule has 1 saturated heterocycles. The van der Waals surface area contributed by atoms with Gasteiger partial charge in [0, 0.05) is 32.4 Å². The number of rotatable bonds is 4. The van der Waals surface area contributed by atoms with Crippen molar-refractivity contribution in [3.8, 4) is 5.75 Å². The first-order chi connectivity index (χ1) is 16.3. The molecule has 0 aliphatic carbocycles. The summed E-state index contributed by atoms with van der Waals surface area (Å²) in [5, 5.41) is 0.423. The molecule has 1 atom stereocenters. The van der Waals surface area contributed by atoms with Crippen molar-refractivity contribution in [3.05, 3.63) is 57.3 Å². The number of aromatic nitrogens is 2. The minimum Gasteiger partial charge on any atom is -0.487 e. The third-order valence-corrected chi connectivity index (χ3v) is 6.48. The van der Waals surface area contributed by atoms with E-state index in [1.807, 2.05) is 23.4 Å². The molecule has 0 unspecified atom stereocenters. The number of ether oxygens (including phenoxy) is 1. The first kappa shape index (κ1) is 22.4. The number of carbonyl (C=O) groups is 1. The van der Waals surface area contributed by atoms with Crippen LogP contribution in [0.1, 0.15) is 23.3 Å². The van der Waals surface area contributed by atoms with Crippen LogP contribution in [0.2, 0.25) is 5.15 Å². The molecule has 5 rings (SSSR count). The second-order valence-corrected chi connectivity index (χ2v) is 9.00. The molecule has 2 aliphatic heterocycles. The van der Waals surface area contributed by atoms with Crippen molar-refractivity contribution in [2.24, 2.45) is 0 Å². The third kappa shape index (κ3) is 3.92. The summed E-state index contributed by atoms with van der Waals surface area (Å²) in [6.45, 7) is 5.13. The normalized spacial score (nSPS) is 18.0. The van der Waals surface area contributed by atoms with Crippen LogP contribution >= 0.6 is 11.6 Å². The number of likely N-dealkylation sites (N-methyl/N-ethyl adjacent to an activating group) is 1. The van der Waals surface area contributed by atoms with E-state index in [2.05, 4.69) is 20.7 Å². The number of piperazine rings is 1. The topological polar surface area (TPSA) is 91.7 Å². The van der Waals surface area contributed by atoms with E-state index in [1.54, 1.807) is 12.1 Å². The fourth-order valence-electron chi connectivity index (χ4n) is 4.34. The predicted octanol–water partition coefficient (Wildman–Crippen LogP) is 2.65. The van der Waals surface area contributed by atoms with E-state index >= 15 is 4.39 Å². The summed E-state index contributed by atoms with van der Waals surface area (Å²) in [6.07, 6.45) is 2.96. The fraction of sp³-hybridized carbons (Fsp3) is 0.348. The van der Waals surface area contributed by atoms with Crippen LogP contribution in [0.5, 0.6) is 5.75 Å². The van der Waals surface area contributed by atoms with Gasteiger partial charge in [0.05, 0.1) is 28.8 Å². The second-order valence-electron chi connectivity index (χ2n) is 8.61. The lowest BCUT2D eigenvalue weighted by atomic mass is 10.0. The second kappa shape index (κ2) is 8.77. The van der Waals surface area contributed by atoms with Crippen molar-refractivity contribution < 1.29 is 13.9 Å². The predicted molar refractivity (Wildman–Crippen MR) is 128 cm³/mol. The number of halogens is 2. The van der Waals surface area contributed by atoms with Crippen molar-refractivity contribution in [3.63, 3.8) is 0 Å². The number of carbonyl (C=O) groups excluding carboxylic acids is 1. The number of benzene rings is 1. The molecular formula is C23H24ClFN6O3. The van der Waals surface area contributed by atoms with E-state index in [-0.39, 0.29) is 17.0 Å². The van der Waals surface area contributed by atoms with Crippen molar-refractivity contribution >= 4 is 39.8 Å². The maximum Gasteiger partial charge on any atom is 0.275 e. The summed E-state index contributed by atoms with van der Waals surface area (Å²) in [4.78, 5) is 34.2. The van der Waals surface area contributed by atoms with Crippen LogP contribution in [-0.2, 0) is 0 Å². The SMILES string of the molecule is C[C@H]1COc2c(N3CCN(C)CC3)c(F)cc3c(=O)c(C(=O)NNc4ccc(Cl)nc4)cn1c23. The fourth-order valence-corrected chi connectivity index (χ4v) is 4.46. The van der Waals surface area contributed by atoms with Crippen molar-refractivity contribution in [2.45, 2.75) is 13.0 Å². The molecule has 2 N–H and O–H groups in total. The van der Waals surface area contributed by atoms with Crippen molar-refractivity contribution in [2.75, 3.05) is 50.2 Å². The lowest BCUT2D eigenvalue weighted by molar-refractivity contribution is 0.0960. The molecule has 0 bridgehead atoms. The molecule has 1 aromatic carbocycles. The van der Waals surface area contributed by atoms with E-state index in [1.165, 1.54) is 18.5 Å². The first-order valence-electron chi connectivity index (χ1n) is 11.0. The Morgan fingerprint density at radius 1 is 1.26 bits per heavy atom. The average molecular weight is 487 g/mol. The van der Waals surface area contributed by atoms with Gasteiger partial charge in [-0.25, -0.2) is 9.37 Å². The lowest BCUT2D eigenvalue weighted by Crippen LogP contribution is -2.45. The number of pyridine rings is 2. The Morgan fingerprint density at radius 2 is 2.03 bits per heavy atom. The zero-order valence-electron chi connectivity index (χ0n) is 18.8. The number of nitrogens with one attached hydrogen (secondary N) is 2. The summed E-state index contributed by atoms with van der Waals surface area (Å²) in [7, 11) is 2.03. The zero-order chi connectivity index (χ0) is 24.0. The van der Waals surface area contributed by atoms with Gasteiger partial charge in [-0.15, -0.1) is 0 Å². The van der Waals surface area contributed by atoms with Gasteiger partial charge in [0.15, 0.2) is 11.6 Å². The van der Waals surface area contributed by atoms with Gasteiger partial charge in [-0.2, -0.15) is 0 Å². The highest BCUT2D eigenvalue weighted by atomic mass is 35.5. The zero-order valence-corrected chi connectivity index (χ0v) is 19.5. The maximum atomic E-state index is 15.4. The van der Waals surface area contributed by atoms with Gasteiger partial charge in [-0.3, -0.25) is 20.4 Å². The van der Waals surface area contributed by atoms with E-state index in [9.17, 15) is 9.59 Å². The molecule has 1 amide bonds. The Morgan fingerprint density at radius 3 is 2.74 bits per heavy atom. The maximum absolute atomic E-state index is 15.4. The summed E-state index contributed by atoms with van der Waals surface area (Å²) < 4.78 is 23.2. The molecule has 0 spiro atoms. The molecule has 9 nitrogen and oxygen atoms in total. The van der Waals surface area contributed by atoms with Crippen molar-refractivity contribution in [1.29, 1.82) is 0 Å². The minimum atomic E-state index is -0.644. The van der Waals surface area contributed by atoms with Crippen LogP contribution in [0.3, 0.4) is 0 Å². The Balaban J connectivity index is 1.55. The van der Waals surface area contributed by atoms with E-state index in [4.69, 9.17) is 16.3 Å². The van der Waals surface area contributed by atoms with E-state index in [0.717, 1.165) is 13.1 Å². The standard InChI is InChI=1S/C23H24ClFN6O3/c1-13-12-34-22-19-15(9-17(25)20(22)30-7-5-29(2)6-8-30)21(32)16(11-31(13)19)23(33)28-27-14-3-4-18(24)26-10-14/h3-4,9-11,13,27H,5-8,12H2,1-2H3,(H,28,33)/t13-/m0/s1. The smallest absolute Gasteiger partial charge is 0.275 e. The molecular weight excluding hydrogens is 463 g/mol. The van der Waals surface area contributed by atoms with Crippen LogP contribution in [0.25, 0.3) is 10.9 Å². The van der Waals surface area contributed by atoms with E-state index < -0.39 is 17.2 Å². The number of hydrogen-bond donors (Lipinski definition) is 2. The molecule has 2 aliphatic rings. The van der Waals surface area contributed by atoms with Crippen LogP contribution in [-0.4, -0.2) is 60.2 Å². The third-order valence-electron chi connectivity index (χ3n) is 6.25. The number of nitrogens with zero attached hydrogens (tertiary/aromatic N) is 4. The van der Waals surface area contributed by atoms with Crippen LogP contribution in [0.15, 0.2) is 35.4 Å². The largest absolute Gasteiger partial charge is 0.487 e. The van der Waals surface area contributed by atoms with E-state index in [0.29, 0.717) is 47.5 Å².